The number of halogens is 1. The maximum absolute atomic E-state index is 8.42. The highest BCUT2D eigenvalue weighted by atomic mass is 35.5. The van der Waals surface area contributed by atoms with E-state index in [2.05, 4.69) is 0 Å². The lowest BCUT2D eigenvalue weighted by molar-refractivity contribution is 0.0607. The normalized spacial score (nSPS) is 35.3. The van der Waals surface area contributed by atoms with E-state index in [9.17, 15) is 0 Å². The summed E-state index contributed by atoms with van der Waals surface area (Å²) in [6.45, 7) is 2.00. The quantitative estimate of drug-likeness (QED) is 0.546. The topological polar surface area (TPSA) is 33.0 Å². The van der Waals surface area contributed by atoms with Crippen LogP contribution in [-0.4, -0.2) is 17.6 Å². The second-order valence-electron chi connectivity index (χ2n) is 2.59. The number of hydrogen-bond donors (Lipinski definition) is 0. The second kappa shape index (κ2) is 3.23. The number of hydrogen-bond acceptors (Lipinski definition) is 2. The van der Waals surface area contributed by atoms with Crippen molar-refractivity contribution in [3.05, 3.63) is 0 Å². The minimum absolute atomic E-state index is 0.0401. The van der Waals surface area contributed by atoms with E-state index in [1.807, 2.05) is 13.0 Å². The Morgan fingerprint density at radius 2 is 2.40 bits per heavy atom. The zero-order chi connectivity index (χ0) is 7.56. The van der Waals surface area contributed by atoms with E-state index in [0.717, 1.165) is 12.8 Å². The van der Waals surface area contributed by atoms with Gasteiger partial charge >= 0.3 is 0 Å². The van der Waals surface area contributed by atoms with Crippen LogP contribution in [-0.2, 0) is 4.74 Å². The summed E-state index contributed by atoms with van der Waals surface area (Å²) in [6.07, 6.45) is 2.18. The highest BCUT2D eigenvalue weighted by Gasteiger charge is 2.27. The van der Waals surface area contributed by atoms with E-state index in [0.29, 0.717) is 0 Å². The lowest BCUT2D eigenvalue weighted by Gasteiger charge is -2.09. The molecule has 1 saturated heterocycles. The van der Waals surface area contributed by atoms with Crippen molar-refractivity contribution < 1.29 is 4.74 Å². The van der Waals surface area contributed by atoms with Gasteiger partial charge in [-0.2, -0.15) is 5.26 Å². The number of rotatable bonds is 1. The molecule has 2 nitrogen and oxygen atoms in total. The lowest BCUT2D eigenvalue weighted by atomic mass is 10.2. The maximum atomic E-state index is 8.42. The van der Waals surface area contributed by atoms with Crippen LogP contribution in [0, 0.1) is 11.3 Å². The molecule has 1 rings (SSSR count). The van der Waals surface area contributed by atoms with Crippen LogP contribution in [0.1, 0.15) is 19.8 Å². The van der Waals surface area contributed by atoms with Crippen molar-refractivity contribution >= 4 is 11.6 Å². The molecule has 0 N–H and O–H groups in total. The van der Waals surface area contributed by atoms with Crippen LogP contribution in [0.2, 0.25) is 0 Å². The summed E-state index contributed by atoms with van der Waals surface area (Å²) < 4.78 is 5.36. The molecule has 0 saturated carbocycles. The predicted octanol–water partition coefficient (Wildman–Crippen LogP) is 1.68. The first-order valence-electron chi connectivity index (χ1n) is 3.43. The van der Waals surface area contributed by atoms with Crippen molar-refractivity contribution in [3.8, 4) is 6.07 Å². The summed E-state index contributed by atoms with van der Waals surface area (Å²) in [5.74, 6) is 0. The van der Waals surface area contributed by atoms with E-state index in [1.165, 1.54) is 0 Å². The third-order valence-electron chi connectivity index (χ3n) is 1.71. The van der Waals surface area contributed by atoms with Gasteiger partial charge in [-0.15, -0.1) is 11.6 Å². The van der Waals surface area contributed by atoms with Crippen molar-refractivity contribution in [1.29, 1.82) is 5.26 Å². The SMILES string of the molecule is CC1CCC(C(Cl)C#N)O1. The fourth-order valence-electron chi connectivity index (χ4n) is 1.13. The summed E-state index contributed by atoms with van der Waals surface area (Å²) >= 11 is 5.65. The molecule has 1 fully saturated rings. The Morgan fingerprint density at radius 3 is 2.80 bits per heavy atom. The number of ether oxygens (including phenoxy) is 1. The standard InChI is InChI=1S/C7H10ClNO/c1-5-2-3-7(10-5)6(8)4-9/h5-7H,2-3H2,1H3. The summed E-state index contributed by atoms with van der Waals surface area (Å²) in [6, 6.07) is 1.97. The van der Waals surface area contributed by atoms with Crippen molar-refractivity contribution in [1.82, 2.24) is 0 Å². The van der Waals surface area contributed by atoms with Gasteiger partial charge in [0.25, 0.3) is 0 Å². The molecule has 0 amide bonds. The first-order valence-corrected chi connectivity index (χ1v) is 3.87. The third-order valence-corrected chi connectivity index (χ3v) is 2.09. The van der Waals surface area contributed by atoms with Gasteiger partial charge in [-0.05, 0) is 19.8 Å². The molecule has 0 aromatic heterocycles. The van der Waals surface area contributed by atoms with Crippen LogP contribution in [0.25, 0.3) is 0 Å². The van der Waals surface area contributed by atoms with Gasteiger partial charge in [0, 0.05) is 0 Å². The number of nitrogens with zero attached hydrogens (tertiary/aromatic N) is 1. The number of nitriles is 1. The van der Waals surface area contributed by atoms with E-state index in [4.69, 9.17) is 21.6 Å². The van der Waals surface area contributed by atoms with Gasteiger partial charge in [0.15, 0.2) is 0 Å². The predicted molar refractivity (Wildman–Crippen MR) is 38.8 cm³/mol. The summed E-state index contributed by atoms with van der Waals surface area (Å²) in [5.41, 5.74) is 0. The third kappa shape index (κ3) is 1.62. The average molecular weight is 160 g/mol. The molecule has 0 aromatic carbocycles. The summed E-state index contributed by atoms with van der Waals surface area (Å²) in [4.78, 5) is 0. The molecule has 0 aliphatic carbocycles. The zero-order valence-corrected chi connectivity index (χ0v) is 6.64. The Bertz CT molecular complexity index is 154. The molecule has 1 aliphatic rings. The number of alkyl halides is 1. The first kappa shape index (κ1) is 7.84. The van der Waals surface area contributed by atoms with Gasteiger partial charge in [-0.3, -0.25) is 0 Å². The Morgan fingerprint density at radius 1 is 1.70 bits per heavy atom. The molecular formula is C7H10ClNO. The Labute approximate surface area is 65.7 Å². The molecule has 3 heteroatoms. The molecule has 10 heavy (non-hydrogen) atoms. The summed E-state index contributed by atoms with van der Waals surface area (Å²) in [7, 11) is 0. The van der Waals surface area contributed by atoms with E-state index < -0.39 is 5.38 Å². The second-order valence-corrected chi connectivity index (χ2v) is 3.06. The highest BCUT2D eigenvalue weighted by Crippen LogP contribution is 2.23. The molecule has 56 valence electrons. The fourth-order valence-corrected chi connectivity index (χ4v) is 1.32. The molecule has 1 heterocycles. The smallest absolute Gasteiger partial charge is 0.146 e. The Hall–Kier alpha value is -0.260. The van der Waals surface area contributed by atoms with Crippen molar-refractivity contribution in [2.24, 2.45) is 0 Å². The van der Waals surface area contributed by atoms with Crippen molar-refractivity contribution in [3.63, 3.8) is 0 Å². The van der Waals surface area contributed by atoms with E-state index in [1.54, 1.807) is 0 Å². The van der Waals surface area contributed by atoms with Crippen LogP contribution < -0.4 is 0 Å². The highest BCUT2D eigenvalue weighted by molar-refractivity contribution is 6.22. The van der Waals surface area contributed by atoms with Crippen molar-refractivity contribution in [2.75, 3.05) is 0 Å². The molecular weight excluding hydrogens is 150 g/mol. The zero-order valence-electron chi connectivity index (χ0n) is 5.88. The largest absolute Gasteiger partial charge is 0.373 e. The Balaban J connectivity index is 2.39. The lowest BCUT2D eigenvalue weighted by Crippen LogP contribution is -2.19. The molecule has 1 aliphatic heterocycles. The van der Waals surface area contributed by atoms with Gasteiger partial charge < -0.3 is 4.74 Å². The van der Waals surface area contributed by atoms with E-state index >= 15 is 0 Å². The average Bonchev–Trinajstić information content (AvgIpc) is 2.34. The summed E-state index contributed by atoms with van der Waals surface area (Å²) in [5, 5.41) is 7.95. The minimum Gasteiger partial charge on any atom is -0.373 e. The Kier molecular flexibility index (Phi) is 2.53. The van der Waals surface area contributed by atoms with Crippen LogP contribution in [0.15, 0.2) is 0 Å². The van der Waals surface area contributed by atoms with Gasteiger partial charge in [0.1, 0.15) is 5.38 Å². The maximum Gasteiger partial charge on any atom is 0.146 e. The van der Waals surface area contributed by atoms with Gasteiger partial charge in [0.2, 0.25) is 0 Å². The van der Waals surface area contributed by atoms with Gasteiger partial charge in [0.05, 0.1) is 18.3 Å². The van der Waals surface area contributed by atoms with Gasteiger partial charge in [-0.25, -0.2) is 0 Å². The monoisotopic (exact) mass is 159 g/mol. The van der Waals surface area contributed by atoms with Crippen LogP contribution in [0.5, 0.6) is 0 Å². The molecule has 0 aromatic rings. The fraction of sp³-hybridized carbons (Fsp3) is 0.857. The molecule has 3 atom stereocenters. The van der Waals surface area contributed by atoms with Crippen LogP contribution >= 0.6 is 11.6 Å². The first-order chi connectivity index (χ1) is 4.74. The van der Waals surface area contributed by atoms with Crippen molar-refractivity contribution in [2.45, 2.75) is 37.4 Å². The minimum atomic E-state index is -0.468. The molecule has 0 radical (unpaired) electrons. The van der Waals surface area contributed by atoms with Crippen LogP contribution in [0.3, 0.4) is 0 Å². The molecule has 0 bridgehead atoms. The molecule has 3 unspecified atom stereocenters. The van der Waals surface area contributed by atoms with E-state index in [-0.39, 0.29) is 12.2 Å². The molecule has 0 spiro atoms. The van der Waals surface area contributed by atoms with Gasteiger partial charge in [-0.1, -0.05) is 0 Å². The van der Waals surface area contributed by atoms with Crippen LogP contribution in [0.4, 0.5) is 0 Å².